The van der Waals surface area contributed by atoms with Crippen molar-refractivity contribution in [3.05, 3.63) is 70.5 Å². The lowest BCUT2D eigenvalue weighted by molar-refractivity contribution is 0.0704. The van der Waals surface area contributed by atoms with Crippen LogP contribution in [0, 0.1) is 5.82 Å². The lowest BCUT2D eigenvalue weighted by Crippen LogP contribution is -2.46. The van der Waals surface area contributed by atoms with E-state index in [1.165, 1.54) is 10.4 Å². The number of hydrazone groups is 1. The zero-order valence-corrected chi connectivity index (χ0v) is 16.5. The third-order valence-electron chi connectivity index (χ3n) is 4.87. The van der Waals surface area contributed by atoms with E-state index >= 15 is 0 Å². The van der Waals surface area contributed by atoms with Crippen LogP contribution in [0.5, 0.6) is 0 Å². The number of nitrogens with zero attached hydrogens (tertiary/aromatic N) is 3. The van der Waals surface area contributed by atoms with Crippen LogP contribution < -0.4 is 0 Å². The highest BCUT2D eigenvalue weighted by molar-refractivity contribution is 7.86. The van der Waals surface area contributed by atoms with E-state index in [-0.39, 0.29) is 25.5 Å². The van der Waals surface area contributed by atoms with Crippen LogP contribution in [0.4, 0.5) is 4.39 Å². The van der Waals surface area contributed by atoms with Crippen molar-refractivity contribution in [3.63, 3.8) is 0 Å². The van der Waals surface area contributed by atoms with Crippen LogP contribution in [0.2, 0.25) is 5.02 Å². The first-order valence-electron chi connectivity index (χ1n) is 8.91. The summed E-state index contributed by atoms with van der Waals surface area (Å²) >= 11 is 5.98. The molecule has 2 aromatic carbocycles. The lowest BCUT2D eigenvalue weighted by atomic mass is 9.90. The predicted octanol–water partition coefficient (Wildman–Crippen LogP) is 2.86. The molecule has 9 heteroatoms. The van der Waals surface area contributed by atoms with E-state index in [0.29, 0.717) is 35.1 Å². The summed E-state index contributed by atoms with van der Waals surface area (Å²) in [7, 11) is -3.81. The first kappa shape index (κ1) is 19.3. The number of morpholine rings is 1. The quantitative estimate of drug-likeness (QED) is 0.759. The summed E-state index contributed by atoms with van der Waals surface area (Å²) in [5.41, 5.74) is 1.62. The van der Waals surface area contributed by atoms with Gasteiger partial charge in [0.25, 0.3) is 0 Å². The van der Waals surface area contributed by atoms with E-state index in [1.807, 2.05) is 0 Å². The molecule has 4 rings (SSSR count). The van der Waals surface area contributed by atoms with Crippen molar-refractivity contribution in [2.45, 2.75) is 5.92 Å². The van der Waals surface area contributed by atoms with Gasteiger partial charge in [-0.1, -0.05) is 41.9 Å². The summed E-state index contributed by atoms with van der Waals surface area (Å²) in [6.45, 7) is 1.28. The number of benzene rings is 2. The van der Waals surface area contributed by atoms with Gasteiger partial charge in [-0.2, -0.15) is 22.2 Å². The Hall–Kier alpha value is -2.00. The Morgan fingerprint density at radius 3 is 2.43 bits per heavy atom. The molecule has 1 fully saturated rings. The second kappa shape index (κ2) is 7.79. The highest BCUT2D eigenvalue weighted by Crippen LogP contribution is 2.33. The fourth-order valence-corrected chi connectivity index (χ4v) is 4.94. The van der Waals surface area contributed by atoms with Crippen molar-refractivity contribution >= 4 is 27.5 Å². The van der Waals surface area contributed by atoms with Crippen LogP contribution in [0.15, 0.2) is 53.6 Å². The Morgan fingerprint density at radius 1 is 1.07 bits per heavy atom. The lowest BCUT2D eigenvalue weighted by Gasteiger charge is -2.29. The molecule has 1 saturated heterocycles. The summed E-state index contributed by atoms with van der Waals surface area (Å²) in [5, 5.41) is 4.96. The maximum absolute atomic E-state index is 14.5. The molecule has 148 valence electrons. The molecule has 0 saturated carbocycles. The monoisotopic (exact) mass is 423 g/mol. The SMILES string of the molecule is O=S(=O)(N1CCOCC1)N1CC(c2ccccc2F)C(c2ccc(Cl)cc2)=N1. The molecule has 28 heavy (non-hydrogen) atoms. The molecule has 2 aromatic rings. The van der Waals surface area contributed by atoms with E-state index < -0.39 is 16.1 Å². The van der Waals surface area contributed by atoms with Gasteiger partial charge in [-0.3, -0.25) is 0 Å². The molecule has 0 radical (unpaired) electrons. The molecule has 2 aliphatic rings. The maximum atomic E-state index is 14.5. The van der Waals surface area contributed by atoms with Gasteiger partial charge in [0, 0.05) is 18.1 Å². The van der Waals surface area contributed by atoms with Gasteiger partial charge in [0.1, 0.15) is 5.82 Å². The summed E-state index contributed by atoms with van der Waals surface area (Å²) in [6, 6.07) is 13.3. The fraction of sp³-hybridized carbons (Fsp3) is 0.316. The van der Waals surface area contributed by atoms with Crippen molar-refractivity contribution in [3.8, 4) is 0 Å². The second-order valence-electron chi connectivity index (χ2n) is 6.59. The molecule has 0 N–H and O–H groups in total. The minimum absolute atomic E-state index is 0.0403. The van der Waals surface area contributed by atoms with E-state index in [2.05, 4.69) is 5.10 Å². The highest BCUT2D eigenvalue weighted by Gasteiger charge is 2.39. The van der Waals surface area contributed by atoms with Crippen LogP contribution in [0.25, 0.3) is 0 Å². The maximum Gasteiger partial charge on any atom is 0.319 e. The van der Waals surface area contributed by atoms with Crippen LogP contribution in [-0.4, -0.2) is 55.7 Å². The number of ether oxygens (including phenoxy) is 1. The van der Waals surface area contributed by atoms with Crippen molar-refractivity contribution < 1.29 is 17.5 Å². The van der Waals surface area contributed by atoms with Gasteiger partial charge < -0.3 is 4.74 Å². The molecule has 2 aliphatic heterocycles. The number of halogens is 2. The zero-order chi connectivity index (χ0) is 19.7. The summed E-state index contributed by atoms with van der Waals surface area (Å²) in [4.78, 5) is 0. The molecular formula is C19H19ClFN3O3S. The minimum atomic E-state index is -3.81. The van der Waals surface area contributed by atoms with Gasteiger partial charge in [0.05, 0.1) is 31.4 Å². The van der Waals surface area contributed by atoms with Gasteiger partial charge in [-0.25, -0.2) is 4.39 Å². The van der Waals surface area contributed by atoms with Crippen molar-refractivity contribution in [1.82, 2.24) is 8.72 Å². The van der Waals surface area contributed by atoms with Gasteiger partial charge in [0.15, 0.2) is 0 Å². The van der Waals surface area contributed by atoms with Gasteiger partial charge in [0.2, 0.25) is 0 Å². The predicted molar refractivity (Wildman–Crippen MR) is 105 cm³/mol. The van der Waals surface area contributed by atoms with Crippen molar-refractivity contribution in [2.75, 3.05) is 32.8 Å². The topological polar surface area (TPSA) is 62.2 Å². The molecule has 0 aliphatic carbocycles. The standard InChI is InChI=1S/C19H19ClFN3O3S/c20-15-7-5-14(6-8-15)19-17(16-3-1-2-4-18(16)21)13-24(22-19)28(25,26)23-9-11-27-12-10-23/h1-8,17H,9-13H2. The molecule has 0 spiro atoms. The summed E-state index contributed by atoms with van der Waals surface area (Å²) in [5.74, 6) is -0.905. The largest absolute Gasteiger partial charge is 0.379 e. The first-order chi connectivity index (χ1) is 13.5. The van der Waals surface area contributed by atoms with E-state index in [4.69, 9.17) is 16.3 Å². The fourth-order valence-electron chi connectivity index (χ4n) is 3.41. The molecule has 0 bridgehead atoms. The van der Waals surface area contributed by atoms with E-state index in [9.17, 15) is 12.8 Å². The minimum Gasteiger partial charge on any atom is -0.379 e. The molecule has 1 atom stereocenters. The van der Waals surface area contributed by atoms with Crippen LogP contribution in [0.3, 0.4) is 0 Å². The molecule has 2 heterocycles. The number of rotatable bonds is 4. The Kier molecular flexibility index (Phi) is 5.37. The molecular weight excluding hydrogens is 405 g/mol. The number of hydrogen-bond acceptors (Lipinski definition) is 4. The summed E-state index contributed by atoms with van der Waals surface area (Å²) in [6.07, 6.45) is 0. The number of hydrogen-bond donors (Lipinski definition) is 0. The van der Waals surface area contributed by atoms with E-state index in [0.717, 1.165) is 4.41 Å². The van der Waals surface area contributed by atoms with Crippen LogP contribution >= 0.6 is 11.6 Å². The third-order valence-corrected chi connectivity index (χ3v) is 6.90. The molecule has 0 aromatic heterocycles. The average molecular weight is 424 g/mol. The average Bonchev–Trinajstić information content (AvgIpc) is 3.15. The van der Waals surface area contributed by atoms with Crippen LogP contribution in [-0.2, 0) is 14.9 Å². The normalized spacial score (nSPS) is 21.0. The Balaban J connectivity index is 1.74. The van der Waals surface area contributed by atoms with Crippen molar-refractivity contribution in [1.29, 1.82) is 0 Å². The highest BCUT2D eigenvalue weighted by atomic mass is 35.5. The molecule has 0 amide bonds. The van der Waals surface area contributed by atoms with Crippen molar-refractivity contribution in [2.24, 2.45) is 5.10 Å². The second-order valence-corrected chi connectivity index (χ2v) is 8.86. The Labute approximate surface area is 168 Å². The Morgan fingerprint density at radius 2 is 1.75 bits per heavy atom. The third kappa shape index (κ3) is 3.65. The Bertz CT molecular complexity index is 992. The zero-order valence-electron chi connectivity index (χ0n) is 15.0. The van der Waals surface area contributed by atoms with Gasteiger partial charge >= 0.3 is 10.2 Å². The smallest absolute Gasteiger partial charge is 0.319 e. The van der Waals surface area contributed by atoms with E-state index in [1.54, 1.807) is 42.5 Å². The van der Waals surface area contributed by atoms with Gasteiger partial charge in [-0.15, -0.1) is 0 Å². The molecule has 6 nitrogen and oxygen atoms in total. The first-order valence-corrected chi connectivity index (χ1v) is 10.7. The molecule has 1 unspecified atom stereocenters. The summed E-state index contributed by atoms with van der Waals surface area (Å²) < 4.78 is 48.3. The van der Waals surface area contributed by atoms with Crippen LogP contribution in [0.1, 0.15) is 17.0 Å². The van der Waals surface area contributed by atoms with Gasteiger partial charge in [-0.05, 0) is 29.3 Å².